The zero-order chi connectivity index (χ0) is 32.0. The van der Waals surface area contributed by atoms with E-state index in [-0.39, 0.29) is 24.2 Å². The normalized spacial score (nSPS) is 15.1. The second-order valence-corrected chi connectivity index (χ2v) is 12.6. The molecule has 0 fully saturated rings. The summed E-state index contributed by atoms with van der Waals surface area (Å²) in [7, 11) is 3.87. The number of aliphatic hydroxyl groups is 1. The van der Waals surface area contributed by atoms with Gasteiger partial charge in [0.1, 0.15) is 11.6 Å². The largest absolute Gasteiger partial charge is 0.444 e. The molecule has 3 amide bonds. The second kappa shape index (κ2) is 17.6. The molecule has 9 nitrogen and oxygen atoms in total. The number of nitrogens with one attached hydrogen (secondary N) is 3. The smallest absolute Gasteiger partial charge is 0.407 e. The van der Waals surface area contributed by atoms with Crippen LogP contribution < -0.4 is 16.0 Å². The van der Waals surface area contributed by atoms with E-state index >= 15 is 0 Å². The molecule has 0 aliphatic carbocycles. The summed E-state index contributed by atoms with van der Waals surface area (Å²) in [5.74, 6) is -1.29. The van der Waals surface area contributed by atoms with Crippen LogP contribution in [-0.2, 0) is 27.2 Å². The lowest BCUT2D eigenvalue weighted by Crippen LogP contribution is -2.53. The molecule has 238 valence electrons. The first kappa shape index (κ1) is 35.8. The highest BCUT2D eigenvalue weighted by Crippen LogP contribution is 2.20. The fourth-order valence-corrected chi connectivity index (χ4v) is 4.73. The van der Waals surface area contributed by atoms with E-state index in [1.165, 1.54) is 0 Å². The lowest BCUT2D eigenvalue weighted by Gasteiger charge is -2.30. The first-order chi connectivity index (χ1) is 20.3. The molecular formula is C34H52N4O5. The van der Waals surface area contributed by atoms with Crippen molar-refractivity contribution < 1.29 is 24.2 Å². The number of carbonyl (C=O) groups is 3. The Balaban J connectivity index is 2.30. The maximum atomic E-state index is 13.9. The van der Waals surface area contributed by atoms with Gasteiger partial charge in [-0.05, 0) is 71.2 Å². The monoisotopic (exact) mass is 596 g/mol. The molecule has 0 saturated heterocycles. The number of likely N-dealkylation sites (N-methyl/N-ethyl adjacent to an activating group) is 1. The van der Waals surface area contributed by atoms with Crippen LogP contribution in [-0.4, -0.2) is 78.9 Å². The van der Waals surface area contributed by atoms with Gasteiger partial charge in [0, 0.05) is 19.0 Å². The molecule has 5 atom stereocenters. The van der Waals surface area contributed by atoms with Gasteiger partial charge in [0.15, 0.2) is 0 Å². The summed E-state index contributed by atoms with van der Waals surface area (Å²) < 4.78 is 5.48. The van der Waals surface area contributed by atoms with E-state index in [2.05, 4.69) is 16.0 Å². The minimum absolute atomic E-state index is 0.0729. The molecule has 0 aromatic heterocycles. The summed E-state index contributed by atoms with van der Waals surface area (Å²) in [5, 5.41) is 20.3. The van der Waals surface area contributed by atoms with Crippen LogP contribution in [0.25, 0.3) is 0 Å². The molecule has 43 heavy (non-hydrogen) atoms. The first-order valence-corrected chi connectivity index (χ1v) is 15.3. The van der Waals surface area contributed by atoms with E-state index in [0.717, 1.165) is 11.1 Å². The fraction of sp³-hybridized carbons (Fsp3) is 0.559. The molecule has 4 N–H and O–H groups in total. The Morgan fingerprint density at radius 1 is 0.884 bits per heavy atom. The average Bonchev–Trinajstić information content (AvgIpc) is 2.94. The van der Waals surface area contributed by atoms with Crippen molar-refractivity contribution in [1.29, 1.82) is 0 Å². The Morgan fingerprint density at radius 3 is 1.95 bits per heavy atom. The van der Waals surface area contributed by atoms with Crippen LogP contribution in [0, 0.1) is 11.8 Å². The molecule has 0 aliphatic heterocycles. The third kappa shape index (κ3) is 13.6. The van der Waals surface area contributed by atoms with Crippen molar-refractivity contribution in [3.63, 3.8) is 0 Å². The lowest BCUT2D eigenvalue weighted by atomic mass is 9.88. The van der Waals surface area contributed by atoms with Crippen molar-refractivity contribution in [2.24, 2.45) is 11.8 Å². The molecule has 0 aliphatic rings. The van der Waals surface area contributed by atoms with Crippen molar-refractivity contribution >= 4 is 17.9 Å². The van der Waals surface area contributed by atoms with E-state index < -0.39 is 35.8 Å². The number of alkyl carbamates (subject to hydrolysis) is 1. The molecule has 0 bridgehead atoms. The molecule has 2 aromatic carbocycles. The minimum atomic E-state index is -1.07. The molecule has 0 heterocycles. The summed E-state index contributed by atoms with van der Waals surface area (Å²) in [6, 6.07) is 17.7. The van der Waals surface area contributed by atoms with E-state index in [1.54, 1.807) is 20.8 Å². The van der Waals surface area contributed by atoms with Crippen LogP contribution in [0.3, 0.4) is 0 Å². The zero-order valence-corrected chi connectivity index (χ0v) is 26.9. The maximum absolute atomic E-state index is 13.9. The van der Waals surface area contributed by atoms with Crippen molar-refractivity contribution in [2.45, 2.75) is 84.1 Å². The van der Waals surface area contributed by atoms with Crippen molar-refractivity contribution in [2.75, 3.05) is 27.2 Å². The highest BCUT2D eigenvalue weighted by atomic mass is 16.6. The van der Waals surface area contributed by atoms with E-state index in [9.17, 15) is 19.5 Å². The van der Waals surface area contributed by atoms with Crippen LogP contribution >= 0.6 is 0 Å². The summed E-state index contributed by atoms with van der Waals surface area (Å²) in [4.78, 5) is 41.8. The molecule has 0 spiro atoms. The number of benzene rings is 2. The zero-order valence-electron chi connectivity index (χ0n) is 26.9. The quantitative estimate of drug-likeness (QED) is 0.233. The van der Waals surface area contributed by atoms with Gasteiger partial charge >= 0.3 is 6.09 Å². The van der Waals surface area contributed by atoms with Crippen LogP contribution in [0.2, 0.25) is 0 Å². The molecule has 0 saturated carbocycles. The van der Waals surface area contributed by atoms with Gasteiger partial charge in [0.2, 0.25) is 11.8 Å². The van der Waals surface area contributed by atoms with Crippen molar-refractivity contribution in [1.82, 2.24) is 20.9 Å². The van der Waals surface area contributed by atoms with Crippen LogP contribution in [0.1, 0.15) is 58.6 Å². The second-order valence-electron chi connectivity index (χ2n) is 12.6. The number of nitrogens with zero attached hydrogens (tertiary/aromatic N) is 1. The number of ether oxygens (including phenoxy) is 1. The SMILES string of the molecule is CCC(C)[C@H](NC(=O)[C@@H](Cc1ccccc1)C[C@H](O)[C@H](Cc1ccccc1)NC(=O)OC(C)(C)C)C(=O)NCCN(C)C. The number of carbonyl (C=O) groups excluding carboxylic acids is 3. The highest BCUT2D eigenvalue weighted by Gasteiger charge is 2.33. The molecule has 9 heteroatoms. The summed E-state index contributed by atoms with van der Waals surface area (Å²) in [6.07, 6.45) is -0.208. The van der Waals surface area contributed by atoms with Gasteiger partial charge in [0.25, 0.3) is 0 Å². The first-order valence-electron chi connectivity index (χ1n) is 15.3. The predicted octanol–water partition coefficient (Wildman–Crippen LogP) is 3.94. The minimum Gasteiger partial charge on any atom is -0.444 e. The fourth-order valence-electron chi connectivity index (χ4n) is 4.73. The maximum Gasteiger partial charge on any atom is 0.407 e. The topological polar surface area (TPSA) is 120 Å². The Bertz CT molecular complexity index is 1120. The summed E-state index contributed by atoms with van der Waals surface area (Å²) in [6.45, 7) is 10.4. The molecule has 0 radical (unpaired) electrons. The van der Waals surface area contributed by atoms with Crippen molar-refractivity contribution in [3.05, 3.63) is 71.8 Å². The molecule has 2 aromatic rings. The Hall–Kier alpha value is -3.43. The predicted molar refractivity (Wildman–Crippen MR) is 171 cm³/mol. The van der Waals surface area contributed by atoms with Gasteiger partial charge in [-0.3, -0.25) is 9.59 Å². The lowest BCUT2D eigenvalue weighted by molar-refractivity contribution is -0.133. The van der Waals surface area contributed by atoms with E-state index in [0.29, 0.717) is 32.4 Å². The molecule has 1 unspecified atom stereocenters. The summed E-state index contributed by atoms with van der Waals surface area (Å²) in [5.41, 5.74) is 1.16. The third-order valence-corrected chi connectivity index (χ3v) is 7.34. The van der Waals surface area contributed by atoms with Crippen LogP contribution in [0.5, 0.6) is 0 Å². The van der Waals surface area contributed by atoms with Crippen LogP contribution in [0.4, 0.5) is 4.79 Å². The van der Waals surface area contributed by atoms with Gasteiger partial charge in [-0.25, -0.2) is 4.79 Å². The number of hydrogen-bond acceptors (Lipinski definition) is 6. The van der Waals surface area contributed by atoms with Gasteiger partial charge in [-0.15, -0.1) is 0 Å². The van der Waals surface area contributed by atoms with Gasteiger partial charge in [0.05, 0.1) is 12.1 Å². The number of aliphatic hydroxyl groups excluding tert-OH is 1. The Labute approximate surface area is 257 Å². The Morgan fingerprint density at radius 2 is 1.44 bits per heavy atom. The van der Waals surface area contributed by atoms with Crippen molar-refractivity contribution in [3.8, 4) is 0 Å². The van der Waals surface area contributed by atoms with E-state index in [1.807, 2.05) is 93.5 Å². The Kier molecular flexibility index (Phi) is 14.7. The van der Waals surface area contributed by atoms with Crippen LogP contribution in [0.15, 0.2) is 60.7 Å². The molecular weight excluding hydrogens is 544 g/mol. The third-order valence-electron chi connectivity index (χ3n) is 7.34. The average molecular weight is 597 g/mol. The van der Waals surface area contributed by atoms with E-state index in [4.69, 9.17) is 4.74 Å². The number of hydrogen-bond donors (Lipinski definition) is 4. The standard InChI is InChI=1S/C34H52N4O5/c1-8-24(2)30(32(41)35-19-20-38(6)7)37-31(40)27(21-25-15-11-9-12-16-25)23-29(39)28(22-26-17-13-10-14-18-26)36-33(42)43-34(3,4)5/h9-18,24,27-30,39H,8,19-23H2,1-7H3,(H,35,41)(H,36,42)(H,37,40)/t24?,27-,28-,29-,30-/m0/s1. The highest BCUT2D eigenvalue weighted by molar-refractivity contribution is 5.88. The summed E-state index contributed by atoms with van der Waals surface area (Å²) >= 11 is 0. The number of amides is 3. The molecule has 2 rings (SSSR count). The van der Waals surface area contributed by atoms with Gasteiger partial charge in [-0.2, -0.15) is 0 Å². The number of rotatable bonds is 16. The van der Waals surface area contributed by atoms with Gasteiger partial charge in [-0.1, -0.05) is 80.9 Å². The van der Waals surface area contributed by atoms with Gasteiger partial charge < -0.3 is 30.7 Å².